The van der Waals surface area contributed by atoms with Crippen molar-refractivity contribution in [2.75, 3.05) is 0 Å². The van der Waals surface area contributed by atoms with E-state index in [0.717, 1.165) is 12.1 Å². The lowest BCUT2D eigenvalue weighted by atomic mass is 9.80. The molecule has 0 fully saturated rings. The van der Waals surface area contributed by atoms with E-state index in [0.29, 0.717) is 0 Å². The second kappa shape index (κ2) is 4.85. The summed E-state index contributed by atoms with van der Waals surface area (Å²) in [4.78, 5) is 0. The minimum atomic E-state index is -2.55. The Bertz CT molecular complexity index is 360. The Kier molecular flexibility index (Phi) is 3.76. The third kappa shape index (κ3) is 3.30. The van der Waals surface area contributed by atoms with Crippen molar-refractivity contribution in [1.29, 1.82) is 0 Å². The predicted molar refractivity (Wildman–Crippen MR) is 47.2 cm³/mol. The van der Waals surface area contributed by atoms with Crippen molar-refractivity contribution < 1.29 is 28.0 Å². The van der Waals surface area contributed by atoms with E-state index in [1.165, 1.54) is 12.1 Å². The van der Waals surface area contributed by atoms with Gasteiger partial charge in [-0.25, -0.2) is 0 Å². The molecule has 0 unspecified atom stereocenters. The summed E-state index contributed by atoms with van der Waals surface area (Å²) in [5.74, 6) is -0.162. The van der Waals surface area contributed by atoms with Crippen LogP contribution >= 0.6 is 0 Å². The third-order valence-electron chi connectivity index (χ3n) is 1.53. The molecule has 0 radical (unpaired) electrons. The van der Waals surface area contributed by atoms with Crippen LogP contribution in [0, 0.1) is 0 Å². The van der Waals surface area contributed by atoms with Crippen LogP contribution in [0.1, 0.15) is 0 Å². The Balaban J connectivity index is 2.78. The molecule has 0 saturated heterocycles. The fourth-order valence-electron chi connectivity index (χ4n) is 0.850. The van der Waals surface area contributed by atoms with Crippen LogP contribution in [0.4, 0.5) is 13.2 Å². The number of hydrogen-bond donors (Lipinski definition) is 2. The molecule has 0 aliphatic heterocycles. The van der Waals surface area contributed by atoms with Gasteiger partial charge in [-0.2, -0.15) is 13.2 Å². The zero-order valence-electron chi connectivity index (χ0n) is 7.32. The number of hydrogen-bond acceptors (Lipinski definition) is 3. The molecule has 0 amide bonds. The van der Waals surface area contributed by atoms with Crippen molar-refractivity contribution in [3.63, 3.8) is 0 Å². The Hall–Kier alpha value is -1.47. The van der Waals surface area contributed by atoms with E-state index in [2.05, 4.69) is 4.74 Å². The SMILES string of the molecule is OB(O)c1ccc(OC(F)=C(F)F)cc1. The van der Waals surface area contributed by atoms with Gasteiger partial charge in [-0.05, 0) is 17.6 Å². The summed E-state index contributed by atoms with van der Waals surface area (Å²) in [5.41, 5.74) is 0.146. The first-order valence-corrected chi connectivity index (χ1v) is 3.85. The summed E-state index contributed by atoms with van der Waals surface area (Å²) in [6, 6.07) is 2.72. The van der Waals surface area contributed by atoms with Crippen LogP contribution < -0.4 is 10.2 Å². The van der Waals surface area contributed by atoms with Crippen LogP contribution in [0.15, 0.2) is 36.4 Å². The Morgan fingerprint density at radius 3 is 2.00 bits per heavy atom. The van der Waals surface area contributed by atoms with Gasteiger partial charge in [-0.3, -0.25) is 0 Å². The quantitative estimate of drug-likeness (QED) is 0.582. The molecule has 0 bridgehead atoms. The van der Waals surface area contributed by atoms with E-state index in [1.54, 1.807) is 0 Å². The first kappa shape index (κ1) is 11.6. The van der Waals surface area contributed by atoms with E-state index in [4.69, 9.17) is 10.0 Å². The summed E-state index contributed by atoms with van der Waals surface area (Å²) >= 11 is 0. The van der Waals surface area contributed by atoms with Crippen molar-refractivity contribution in [2.45, 2.75) is 0 Å². The molecule has 0 aliphatic carbocycles. The van der Waals surface area contributed by atoms with Crippen molar-refractivity contribution >= 4 is 12.6 Å². The summed E-state index contributed by atoms with van der Waals surface area (Å²) in [6.45, 7) is 0. The zero-order valence-corrected chi connectivity index (χ0v) is 7.32. The topological polar surface area (TPSA) is 49.7 Å². The van der Waals surface area contributed by atoms with Gasteiger partial charge in [0.25, 0.3) is 0 Å². The predicted octanol–water partition coefficient (Wildman–Crippen LogP) is 0.780. The van der Waals surface area contributed by atoms with Gasteiger partial charge < -0.3 is 14.8 Å². The van der Waals surface area contributed by atoms with E-state index < -0.39 is 19.2 Å². The summed E-state index contributed by atoms with van der Waals surface area (Å²) < 4.78 is 39.6. The smallest absolute Gasteiger partial charge is 0.428 e. The average Bonchev–Trinajstić information content (AvgIpc) is 2.18. The molecule has 80 valence electrons. The largest absolute Gasteiger partial charge is 0.488 e. The van der Waals surface area contributed by atoms with Crippen LogP contribution in [-0.4, -0.2) is 17.2 Å². The first-order chi connectivity index (χ1) is 7.00. The van der Waals surface area contributed by atoms with E-state index in [9.17, 15) is 13.2 Å². The molecular weight excluding hydrogens is 212 g/mol. The molecule has 3 nitrogen and oxygen atoms in total. The number of ether oxygens (including phenoxy) is 1. The standard InChI is InChI=1S/C8H6BF3O3/c10-7(11)8(12)15-6-3-1-5(2-4-6)9(13)14/h1-4,13-14H. The van der Waals surface area contributed by atoms with Gasteiger partial charge in [0.15, 0.2) is 0 Å². The molecule has 7 heteroatoms. The monoisotopic (exact) mass is 218 g/mol. The highest BCUT2D eigenvalue weighted by molar-refractivity contribution is 6.58. The molecule has 1 rings (SSSR count). The lowest BCUT2D eigenvalue weighted by Gasteiger charge is -2.03. The second-order valence-corrected chi connectivity index (χ2v) is 2.58. The Morgan fingerprint density at radius 1 is 1.07 bits per heavy atom. The molecular formula is C8H6BF3O3. The highest BCUT2D eigenvalue weighted by atomic mass is 19.3. The van der Waals surface area contributed by atoms with E-state index in [1.807, 2.05) is 0 Å². The van der Waals surface area contributed by atoms with Crippen LogP contribution in [-0.2, 0) is 0 Å². The lowest BCUT2D eigenvalue weighted by Crippen LogP contribution is -2.29. The molecule has 0 atom stereocenters. The molecule has 0 saturated carbocycles. The minimum Gasteiger partial charge on any atom is -0.428 e. The molecule has 0 aliphatic rings. The van der Waals surface area contributed by atoms with Crippen molar-refractivity contribution in [3.8, 4) is 5.75 Å². The summed E-state index contributed by atoms with van der Waals surface area (Å²) in [6.07, 6.45) is -2.55. The fraction of sp³-hybridized carbons (Fsp3) is 0. The molecule has 0 heterocycles. The van der Waals surface area contributed by atoms with Crippen LogP contribution in [0.2, 0.25) is 0 Å². The number of rotatable bonds is 3. The van der Waals surface area contributed by atoms with E-state index >= 15 is 0 Å². The van der Waals surface area contributed by atoms with E-state index in [-0.39, 0.29) is 11.2 Å². The highest BCUT2D eigenvalue weighted by Gasteiger charge is 2.11. The Morgan fingerprint density at radius 2 is 1.60 bits per heavy atom. The first-order valence-electron chi connectivity index (χ1n) is 3.85. The number of halogens is 3. The van der Waals surface area contributed by atoms with Gasteiger partial charge in [0.1, 0.15) is 5.75 Å². The minimum absolute atomic E-state index is 0.146. The lowest BCUT2D eigenvalue weighted by molar-refractivity contribution is 0.241. The molecule has 1 aromatic carbocycles. The maximum absolute atomic E-state index is 12.3. The van der Waals surface area contributed by atoms with Gasteiger partial charge >= 0.3 is 19.2 Å². The Labute approximate surface area is 83.6 Å². The molecule has 0 aromatic heterocycles. The third-order valence-corrected chi connectivity index (χ3v) is 1.53. The van der Waals surface area contributed by atoms with Crippen molar-refractivity contribution in [2.24, 2.45) is 0 Å². The highest BCUT2D eigenvalue weighted by Crippen LogP contribution is 2.16. The second-order valence-electron chi connectivity index (χ2n) is 2.58. The zero-order chi connectivity index (χ0) is 11.4. The maximum atomic E-state index is 12.3. The van der Waals surface area contributed by atoms with Gasteiger partial charge in [-0.1, -0.05) is 12.1 Å². The van der Waals surface area contributed by atoms with Crippen molar-refractivity contribution in [3.05, 3.63) is 36.4 Å². The molecule has 0 spiro atoms. The summed E-state index contributed by atoms with van der Waals surface area (Å²) in [5, 5.41) is 17.4. The van der Waals surface area contributed by atoms with Gasteiger partial charge in [-0.15, -0.1) is 0 Å². The number of benzene rings is 1. The molecule has 2 N–H and O–H groups in total. The molecule has 1 aromatic rings. The molecule has 15 heavy (non-hydrogen) atoms. The van der Waals surface area contributed by atoms with Gasteiger partial charge in [0.2, 0.25) is 0 Å². The normalized spacial score (nSPS) is 9.67. The fourth-order valence-corrected chi connectivity index (χ4v) is 0.850. The van der Waals surface area contributed by atoms with Crippen LogP contribution in [0.25, 0.3) is 0 Å². The maximum Gasteiger partial charge on any atom is 0.488 e. The van der Waals surface area contributed by atoms with Crippen molar-refractivity contribution in [1.82, 2.24) is 0 Å². The average molecular weight is 218 g/mol. The summed E-state index contributed by atoms with van der Waals surface area (Å²) in [7, 11) is -1.67. The van der Waals surface area contributed by atoms with Crippen LogP contribution in [0.5, 0.6) is 5.75 Å². The van der Waals surface area contributed by atoms with Gasteiger partial charge in [0, 0.05) is 0 Å². The van der Waals surface area contributed by atoms with Gasteiger partial charge in [0.05, 0.1) is 0 Å². The van der Waals surface area contributed by atoms with Crippen LogP contribution in [0.3, 0.4) is 0 Å².